The highest BCUT2D eigenvalue weighted by Gasteiger charge is 2.15. The average molecular weight is 340 g/mol. The third-order valence-electron chi connectivity index (χ3n) is 3.99. The lowest BCUT2D eigenvalue weighted by Crippen LogP contribution is -2.30. The number of rotatable bonds is 7. The highest BCUT2D eigenvalue weighted by molar-refractivity contribution is 6.22. The van der Waals surface area contributed by atoms with Crippen LogP contribution in [0.3, 0.4) is 0 Å². The fraction of sp³-hybridized carbons (Fsp3) is 0.400. The van der Waals surface area contributed by atoms with Gasteiger partial charge in [0.25, 0.3) is 0 Å². The van der Waals surface area contributed by atoms with E-state index in [1.165, 1.54) is 5.69 Å². The Morgan fingerprint density at radius 2 is 1.84 bits per heavy atom. The van der Waals surface area contributed by atoms with Crippen molar-refractivity contribution in [2.24, 2.45) is 10.7 Å². The molecule has 0 radical (unpaired) electrons. The molecule has 1 aliphatic carbocycles. The van der Waals surface area contributed by atoms with Crippen molar-refractivity contribution in [3.8, 4) is 0 Å². The van der Waals surface area contributed by atoms with Crippen molar-refractivity contribution < 1.29 is 4.74 Å². The van der Waals surface area contributed by atoms with Crippen LogP contribution in [0, 0.1) is 5.41 Å². The standard InChI is InChI=1S/C20H28N4O/c1-5-11-25-20-13-19(17(21)12-18(20)22)23-15-7-9-16(10-8-15)24(6-2)14(3)4/h7-10,12-14,22H,5-6,11,21H2,1-4H3/b22-18?,23-19-. The van der Waals surface area contributed by atoms with E-state index >= 15 is 0 Å². The van der Waals surface area contributed by atoms with Crippen molar-refractivity contribution in [1.82, 2.24) is 0 Å². The van der Waals surface area contributed by atoms with E-state index in [9.17, 15) is 0 Å². The number of nitrogens with two attached hydrogens (primary N) is 1. The minimum atomic E-state index is 0.288. The smallest absolute Gasteiger partial charge is 0.146 e. The van der Waals surface area contributed by atoms with Gasteiger partial charge in [-0.05, 0) is 57.5 Å². The first-order valence-electron chi connectivity index (χ1n) is 8.82. The molecule has 0 amide bonds. The normalized spacial score (nSPS) is 16.0. The van der Waals surface area contributed by atoms with Crippen molar-refractivity contribution in [3.63, 3.8) is 0 Å². The highest BCUT2D eigenvalue weighted by atomic mass is 16.5. The minimum absolute atomic E-state index is 0.288. The van der Waals surface area contributed by atoms with Gasteiger partial charge in [-0.15, -0.1) is 0 Å². The lowest BCUT2D eigenvalue weighted by molar-refractivity contribution is 0.231. The van der Waals surface area contributed by atoms with Gasteiger partial charge in [-0.3, -0.25) is 5.41 Å². The zero-order valence-corrected chi connectivity index (χ0v) is 15.5. The van der Waals surface area contributed by atoms with Crippen LogP contribution >= 0.6 is 0 Å². The number of nitrogens with zero attached hydrogens (tertiary/aromatic N) is 2. The first kappa shape index (κ1) is 18.8. The Labute approximate surface area is 150 Å². The van der Waals surface area contributed by atoms with Crippen LogP contribution in [0.4, 0.5) is 11.4 Å². The van der Waals surface area contributed by atoms with Crippen molar-refractivity contribution in [1.29, 1.82) is 5.41 Å². The summed E-state index contributed by atoms with van der Waals surface area (Å²) in [4.78, 5) is 6.94. The minimum Gasteiger partial charge on any atom is -0.491 e. The highest BCUT2D eigenvalue weighted by Crippen LogP contribution is 2.23. The van der Waals surface area contributed by atoms with Crippen LogP contribution in [0.15, 0.2) is 52.9 Å². The van der Waals surface area contributed by atoms with Crippen molar-refractivity contribution in [3.05, 3.63) is 47.9 Å². The molecule has 0 spiro atoms. The van der Waals surface area contributed by atoms with Gasteiger partial charge >= 0.3 is 0 Å². The van der Waals surface area contributed by atoms with Crippen LogP contribution in [0.1, 0.15) is 34.1 Å². The lowest BCUT2D eigenvalue weighted by atomic mass is 10.1. The Morgan fingerprint density at radius 3 is 2.40 bits per heavy atom. The van der Waals surface area contributed by atoms with E-state index in [4.69, 9.17) is 15.9 Å². The predicted molar refractivity (Wildman–Crippen MR) is 106 cm³/mol. The molecule has 0 aromatic heterocycles. The third kappa shape index (κ3) is 4.72. The summed E-state index contributed by atoms with van der Waals surface area (Å²) in [5, 5.41) is 7.95. The third-order valence-corrected chi connectivity index (χ3v) is 3.99. The maximum absolute atomic E-state index is 7.95. The number of aliphatic imine (C=N–C) groups is 1. The van der Waals surface area contributed by atoms with E-state index in [0.717, 1.165) is 18.7 Å². The number of hydrogen-bond donors (Lipinski definition) is 2. The van der Waals surface area contributed by atoms with Crippen molar-refractivity contribution >= 4 is 22.8 Å². The number of ether oxygens (including phenoxy) is 1. The Balaban J connectivity index is 2.24. The molecular weight excluding hydrogens is 312 g/mol. The molecule has 0 atom stereocenters. The van der Waals surface area contributed by atoms with Gasteiger partial charge in [0, 0.05) is 24.4 Å². The SMILES string of the molecule is CCCOC1=C/C(=N/c2ccc(N(CC)C(C)C)cc2)C(N)=CC1=N. The van der Waals surface area contributed by atoms with Crippen molar-refractivity contribution in [2.45, 2.75) is 40.2 Å². The summed E-state index contributed by atoms with van der Waals surface area (Å²) >= 11 is 0. The van der Waals surface area contributed by atoms with Gasteiger partial charge in [-0.1, -0.05) is 6.92 Å². The van der Waals surface area contributed by atoms with Crippen LogP contribution in [0.5, 0.6) is 0 Å². The van der Waals surface area contributed by atoms with Crippen LogP contribution in [-0.4, -0.2) is 30.6 Å². The Morgan fingerprint density at radius 1 is 1.16 bits per heavy atom. The second kappa shape index (κ2) is 8.51. The summed E-state index contributed by atoms with van der Waals surface area (Å²) in [6.45, 7) is 10.1. The molecule has 0 bridgehead atoms. The van der Waals surface area contributed by atoms with E-state index in [-0.39, 0.29) is 5.71 Å². The molecule has 1 aromatic carbocycles. The molecule has 134 valence electrons. The molecule has 0 unspecified atom stereocenters. The Bertz CT molecular complexity index is 699. The Hall–Kier alpha value is -2.56. The second-order valence-electron chi connectivity index (χ2n) is 6.26. The maximum Gasteiger partial charge on any atom is 0.146 e. The molecule has 0 fully saturated rings. The first-order chi connectivity index (χ1) is 12.0. The molecule has 3 N–H and O–H groups in total. The van der Waals surface area contributed by atoms with Crippen LogP contribution in [0.2, 0.25) is 0 Å². The van der Waals surface area contributed by atoms with E-state index in [1.54, 1.807) is 12.2 Å². The molecule has 1 aliphatic rings. The zero-order valence-electron chi connectivity index (χ0n) is 15.5. The molecule has 0 saturated heterocycles. The van der Waals surface area contributed by atoms with E-state index in [1.807, 2.05) is 19.1 Å². The fourth-order valence-electron chi connectivity index (χ4n) is 2.72. The molecule has 0 heterocycles. The van der Waals surface area contributed by atoms with Gasteiger partial charge < -0.3 is 15.4 Å². The molecule has 2 rings (SSSR count). The maximum atomic E-state index is 7.95. The zero-order chi connectivity index (χ0) is 18.4. The van der Waals surface area contributed by atoms with Gasteiger partial charge in [0.1, 0.15) is 5.76 Å². The molecule has 5 nitrogen and oxygen atoms in total. The summed E-state index contributed by atoms with van der Waals surface area (Å²) in [5.74, 6) is 0.517. The van der Waals surface area contributed by atoms with E-state index < -0.39 is 0 Å². The molecule has 5 heteroatoms. The van der Waals surface area contributed by atoms with Crippen LogP contribution in [0.25, 0.3) is 0 Å². The number of benzene rings is 1. The number of allylic oxidation sites excluding steroid dienone is 2. The molecule has 1 aromatic rings. The fourth-order valence-corrected chi connectivity index (χ4v) is 2.72. The summed E-state index contributed by atoms with van der Waals surface area (Å²) in [5.41, 5.74) is 9.44. The van der Waals surface area contributed by atoms with Gasteiger partial charge in [-0.2, -0.15) is 0 Å². The average Bonchev–Trinajstić information content (AvgIpc) is 2.58. The Kier molecular flexibility index (Phi) is 6.39. The number of nitrogens with one attached hydrogen (secondary N) is 1. The monoisotopic (exact) mass is 340 g/mol. The topological polar surface area (TPSA) is 74.7 Å². The predicted octanol–water partition coefficient (Wildman–Crippen LogP) is 4.18. The molecule has 25 heavy (non-hydrogen) atoms. The summed E-state index contributed by atoms with van der Waals surface area (Å²) in [6.07, 6.45) is 4.23. The lowest BCUT2D eigenvalue weighted by Gasteiger charge is -2.27. The summed E-state index contributed by atoms with van der Waals surface area (Å²) < 4.78 is 5.60. The molecular formula is C20H28N4O. The molecule has 0 aliphatic heterocycles. The largest absolute Gasteiger partial charge is 0.491 e. The second-order valence-corrected chi connectivity index (χ2v) is 6.26. The van der Waals surface area contributed by atoms with Crippen LogP contribution < -0.4 is 10.6 Å². The van der Waals surface area contributed by atoms with E-state index in [2.05, 4.69) is 42.8 Å². The summed E-state index contributed by atoms with van der Waals surface area (Å²) in [6, 6.07) is 8.58. The van der Waals surface area contributed by atoms with Crippen molar-refractivity contribution in [2.75, 3.05) is 18.1 Å². The summed E-state index contributed by atoms with van der Waals surface area (Å²) in [7, 11) is 0. The number of anilines is 1. The van der Waals surface area contributed by atoms with Crippen LogP contribution in [-0.2, 0) is 4.74 Å². The quantitative estimate of drug-likeness (QED) is 0.731. The van der Waals surface area contributed by atoms with Gasteiger partial charge in [-0.25, -0.2) is 4.99 Å². The first-order valence-corrected chi connectivity index (χ1v) is 8.82. The molecule has 0 saturated carbocycles. The number of hydrogen-bond acceptors (Lipinski definition) is 5. The van der Waals surface area contributed by atoms with E-state index in [0.29, 0.717) is 29.8 Å². The van der Waals surface area contributed by atoms with Gasteiger partial charge in [0.2, 0.25) is 0 Å². The van der Waals surface area contributed by atoms with Gasteiger partial charge in [0.05, 0.1) is 29.4 Å². The van der Waals surface area contributed by atoms with Gasteiger partial charge in [0.15, 0.2) is 0 Å².